The van der Waals surface area contributed by atoms with E-state index in [4.69, 9.17) is 0 Å². The van der Waals surface area contributed by atoms with Crippen molar-refractivity contribution < 1.29 is 14.4 Å². The van der Waals surface area contributed by atoms with E-state index in [1.165, 1.54) is 0 Å². The number of fused-ring (bicyclic) bond motifs is 1. The zero-order valence-corrected chi connectivity index (χ0v) is 15.8. The summed E-state index contributed by atoms with van der Waals surface area (Å²) in [7, 11) is 0. The van der Waals surface area contributed by atoms with Gasteiger partial charge in [0.05, 0.1) is 5.25 Å². The molecule has 0 bridgehead atoms. The van der Waals surface area contributed by atoms with Gasteiger partial charge in [-0.1, -0.05) is 54.2 Å². The van der Waals surface area contributed by atoms with Crippen LogP contribution in [0.25, 0.3) is 10.9 Å². The van der Waals surface area contributed by atoms with Gasteiger partial charge < -0.3 is 10.3 Å². The molecule has 3 N–H and O–H groups in total. The van der Waals surface area contributed by atoms with Gasteiger partial charge >= 0.3 is 0 Å². The number of aromatic amines is 1. The predicted octanol–water partition coefficient (Wildman–Crippen LogP) is 3.03. The smallest absolute Gasteiger partial charge is 0.286 e. The highest BCUT2D eigenvalue weighted by Gasteiger charge is 2.31. The molecule has 0 spiro atoms. The maximum absolute atomic E-state index is 12.3. The number of benzene rings is 2. The van der Waals surface area contributed by atoms with Crippen molar-refractivity contribution in [2.24, 2.45) is 0 Å². The number of aromatic nitrogens is 1. The first-order chi connectivity index (χ1) is 13.6. The SMILES string of the molecule is O=C1NC(=O)C(Cc2ccc(CCNC(=O)c3cc4ccccc4[nH]3)cc2)S1. The molecule has 0 saturated carbocycles. The minimum Gasteiger partial charge on any atom is -0.351 e. The standard InChI is InChI=1S/C21H19N3O3S/c25-19(17-12-15-3-1-2-4-16(15)23-17)22-10-9-13-5-7-14(8-6-13)11-18-20(26)24-21(27)28-18/h1-8,12,18,23H,9-11H2,(H,22,25)(H,24,26,27). The zero-order valence-electron chi connectivity index (χ0n) is 15.0. The molecule has 1 aliphatic rings. The average molecular weight is 393 g/mol. The number of thioether (sulfide) groups is 1. The van der Waals surface area contributed by atoms with Crippen molar-refractivity contribution in [2.75, 3.05) is 6.54 Å². The van der Waals surface area contributed by atoms with Crippen LogP contribution in [0, 0.1) is 0 Å². The molecule has 0 aliphatic carbocycles. The summed E-state index contributed by atoms with van der Waals surface area (Å²) in [5, 5.41) is 5.61. The molecule has 3 amide bonds. The third-order valence-electron chi connectivity index (χ3n) is 4.68. The van der Waals surface area contributed by atoms with Gasteiger partial charge in [-0.3, -0.25) is 19.7 Å². The summed E-state index contributed by atoms with van der Waals surface area (Å²) in [5.41, 5.74) is 3.60. The van der Waals surface area contributed by atoms with Crippen LogP contribution in [-0.4, -0.2) is 33.8 Å². The molecule has 4 rings (SSSR count). The molecule has 1 aliphatic heterocycles. The Kier molecular flexibility index (Phi) is 5.16. The van der Waals surface area contributed by atoms with E-state index in [1.807, 2.05) is 54.6 Å². The van der Waals surface area contributed by atoms with Crippen LogP contribution < -0.4 is 10.6 Å². The van der Waals surface area contributed by atoms with Crippen molar-refractivity contribution in [3.8, 4) is 0 Å². The van der Waals surface area contributed by atoms with E-state index < -0.39 is 0 Å². The minimum atomic E-state index is -0.353. The summed E-state index contributed by atoms with van der Waals surface area (Å²) in [4.78, 5) is 38.3. The lowest BCUT2D eigenvalue weighted by Gasteiger charge is -2.07. The number of nitrogens with one attached hydrogen (secondary N) is 3. The third kappa shape index (κ3) is 4.09. The van der Waals surface area contributed by atoms with Gasteiger partial charge in [0.25, 0.3) is 11.1 Å². The molecular formula is C21H19N3O3S. The number of imide groups is 1. The van der Waals surface area contributed by atoms with Crippen molar-refractivity contribution in [2.45, 2.75) is 18.1 Å². The molecular weight excluding hydrogens is 374 g/mol. The minimum absolute atomic E-state index is 0.123. The van der Waals surface area contributed by atoms with Crippen LogP contribution in [0.4, 0.5) is 4.79 Å². The van der Waals surface area contributed by atoms with Crippen molar-refractivity contribution in [1.82, 2.24) is 15.6 Å². The predicted molar refractivity (Wildman–Crippen MR) is 109 cm³/mol. The fourth-order valence-electron chi connectivity index (χ4n) is 3.20. The second kappa shape index (κ2) is 7.90. The van der Waals surface area contributed by atoms with Crippen LogP contribution in [0.2, 0.25) is 0 Å². The van der Waals surface area contributed by atoms with E-state index in [-0.39, 0.29) is 22.3 Å². The van der Waals surface area contributed by atoms with E-state index in [9.17, 15) is 14.4 Å². The van der Waals surface area contributed by atoms with Crippen molar-refractivity contribution >= 4 is 39.7 Å². The van der Waals surface area contributed by atoms with Gasteiger partial charge in [0, 0.05) is 17.4 Å². The van der Waals surface area contributed by atoms with Gasteiger partial charge in [0.1, 0.15) is 5.69 Å². The maximum atomic E-state index is 12.3. The normalized spacial score (nSPS) is 16.4. The summed E-state index contributed by atoms with van der Waals surface area (Å²) in [6.07, 6.45) is 1.24. The van der Waals surface area contributed by atoms with E-state index in [0.717, 1.165) is 33.8 Å². The number of hydrogen-bond donors (Lipinski definition) is 3. The van der Waals surface area contributed by atoms with Crippen LogP contribution in [0.15, 0.2) is 54.6 Å². The van der Waals surface area contributed by atoms with E-state index in [0.29, 0.717) is 25.1 Å². The van der Waals surface area contributed by atoms with Gasteiger partial charge in [0.2, 0.25) is 5.91 Å². The Labute approximate surface area is 166 Å². The number of H-pyrrole nitrogens is 1. The van der Waals surface area contributed by atoms with Gasteiger partial charge in [-0.25, -0.2) is 0 Å². The lowest BCUT2D eigenvalue weighted by Crippen LogP contribution is -2.26. The Morgan fingerprint density at radius 1 is 1.04 bits per heavy atom. The van der Waals surface area contributed by atoms with Gasteiger partial charge in [-0.15, -0.1) is 0 Å². The fourth-order valence-corrected chi connectivity index (χ4v) is 4.05. The zero-order chi connectivity index (χ0) is 19.5. The number of para-hydroxylation sites is 1. The first kappa shape index (κ1) is 18.3. The highest BCUT2D eigenvalue weighted by Crippen LogP contribution is 2.23. The van der Waals surface area contributed by atoms with Crippen molar-refractivity contribution in [3.63, 3.8) is 0 Å². The summed E-state index contributed by atoms with van der Waals surface area (Å²) in [6.45, 7) is 0.531. The average Bonchev–Trinajstić information content (AvgIpc) is 3.26. The summed E-state index contributed by atoms with van der Waals surface area (Å²) in [5.74, 6) is -0.347. The Bertz CT molecular complexity index is 1010. The van der Waals surface area contributed by atoms with Crippen LogP contribution in [0.3, 0.4) is 0 Å². The molecule has 7 heteroatoms. The van der Waals surface area contributed by atoms with Gasteiger partial charge in [0.15, 0.2) is 0 Å². The molecule has 1 atom stereocenters. The van der Waals surface area contributed by atoms with Gasteiger partial charge in [-0.2, -0.15) is 0 Å². The molecule has 6 nitrogen and oxygen atoms in total. The molecule has 1 aromatic heterocycles. The van der Waals surface area contributed by atoms with Crippen LogP contribution in [0.5, 0.6) is 0 Å². The van der Waals surface area contributed by atoms with Crippen molar-refractivity contribution in [3.05, 3.63) is 71.4 Å². The second-order valence-corrected chi connectivity index (χ2v) is 7.86. The molecule has 1 unspecified atom stereocenters. The number of hydrogen-bond acceptors (Lipinski definition) is 4. The lowest BCUT2D eigenvalue weighted by molar-refractivity contribution is -0.118. The number of rotatable bonds is 6. The van der Waals surface area contributed by atoms with Crippen LogP contribution in [0.1, 0.15) is 21.6 Å². The Hall–Kier alpha value is -3.06. The molecule has 1 fully saturated rings. The Balaban J connectivity index is 1.28. The summed E-state index contributed by atoms with van der Waals surface area (Å²) < 4.78 is 0. The Morgan fingerprint density at radius 3 is 2.50 bits per heavy atom. The first-order valence-corrected chi connectivity index (χ1v) is 9.92. The van der Waals surface area contributed by atoms with E-state index in [2.05, 4.69) is 15.6 Å². The molecule has 28 heavy (non-hydrogen) atoms. The monoisotopic (exact) mass is 393 g/mol. The number of carbonyl (C=O) groups is 3. The topological polar surface area (TPSA) is 91.1 Å². The van der Waals surface area contributed by atoms with Crippen molar-refractivity contribution in [1.29, 1.82) is 0 Å². The molecule has 0 radical (unpaired) electrons. The molecule has 3 aromatic rings. The van der Waals surface area contributed by atoms with E-state index in [1.54, 1.807) is 0 Å². The highest BCUT2D eigenvalue weighted by molar-refractivity contribution is 8.15. The number of carbonyl (C=O) groups excluding carboxylic acids is 3. The molecule has 2 aromatic carbocycles. The summed E-state index contributed by atoms with van der Waals surface area (Å²) >= 11 is 1.04. The van der Waals surface area contributed by atoms with E-state index >= 15 is 0 Å². The lowest BCUT2D eigenvalue weighted by atomic mass is 10.1. The first-order valence-electron chi connectivity index (χ1n) is 9.04. The Morgan fingerprint density at radius 2 is 1.79 bits per heavy atom. The third-order valence-corrected chi connectivity index (χ3v) is 5.67. The quantitative estimate of drug-likeness (QED) is 0.600. The fraction of sp³-hybridized carbons (Fsp3) is 0.190. The largest absolute Gasteiger partial charge is 0.351 e. The highest BCUT2D eigenvalue weighted by atomic mass is 32.2. The number of amides is 3. The molecule has 2 heterocycles. The molecule has 1 saturated heterocycles. The summed E-state index contributed by atoms with van der Waals surface area (Å²) in [6, 6.07) is 17.5. The molecule has 142 valence electrons. The van der Waals surface area contributed by atoms with Crippen LogP contribution in [-0.2, 0) is 17.6 Å². The second-order valence-electron chi connectivity index (χ2n) is 6.68. The van der Waals surface area contributed by atoms with Gasteiger partial charge in [-0.05, 0) is 36.1 Å². The van der Waals surface area contributed by atoms with Crippen LogP contribution >= 0.6 is 11.8 Å². The maximum Gasteiger partial charge on any atom is 0.286 e.